The molecule has 0 unspecified atom stereocenters. The summed E-state index contributed by atoms with van der Waals surface area (Å²) >= 11 is 8.98. The second-order valence-corrected chi connectivity index (χ2v) is 8.31. The molecule has 0 saturated carbocycles. The fourth-order valence-electron chi connectivity index (χ4n) is 3.15. The molecule has 0 bridgehead atoms. The van der Waals surface area contributed by atoms with Crippen molar-refractivity contribution >= 4 is 51.2 Å². The van der Waals surface area contributed by atoms with Crippen LogP contribution in [-0.4, -0.2) is 22.6 Å². The standard InChI is InChI=1S/C22H17BrClF3N4O2/c1-12-8-14(13(2)31(12)17-5-3-4-15(23)9-17)11-28-30-21(33)20(32)29-16-6-7-19(24)18(10-16)22(25,26)27/h3-11H,1-2H3,(H,29,32)(H,30,33)/b28-11-. The van der Waals surface area contributed by atoms with Crippen molar-refractivity contribution in [3.8, 4) is 5.69 Å². The van der Waals surface area contributed by atoms with Crippen LogP contribution in [0.4, 0.5) is 18.9 Å². The summed E-state index contributed by atoms with van der Waals surface area (Å²) in [5.74, 6) is -2.32. The minimum atomic E-state index is -4.70. The van der Waals surface area contributed by atoms with Crippen molar-refractivity contribution < 1.29 is 22.8 Å². The summed E-state index contributed by atoms with van der Waals surface area (Å²) in [7, 11) is 0. The molecule has 1 aromatic heterocycles. The fraction of sp³-hybridized carbons (Fsp3) is 0.136. The van der Waals surface area contributed by atoms with Crippen molar-refractivity contribution in [3.63, 3.8) is 0 Å². The highest BCUT2D eigenvalue weighted by molar-refractivity contribution is 9.10. The van der Waals surface area contributed by atoms with Crippen molar-refractivity contribution in [2.45, 2.75) is 20.0 Å². The van der Waals surface area contributed by atoms with Gasteiger partial charge in [0.1, 0.15) is 0 Å². The molecule has 0 aliphatic heterocycles. The van der Waals surface area contributed by atoms with Crippen LogP contribution in [0.2, 0.25) is 5.02 Å². The number of aromatic nitrogens is 1. The van der Waals surface area contributed by atoms with Crippen LogP contribution in [0.3, 0.4) is 0 Å². The number of anilines is 1. The molecule has 0 fully saturated rings. The molecule has 2 amide bonds. The fourth-order valence-corrected chi connectivity index (χ4v) is 3.76. The molecule has 0 saturated heterocycles. The first-order valence-corrected chi connectivity index (χ1v) is 10.6. The molecule has 0 atom stereocenters. The number of hydrogen-bond acceptors (Lipinski definition) is 3. The lowest BCUT2D eigenvalue weighted by Crippen LogP contribution is -2.32. The van der Waals surface area contributed by atoms with Gasteiger partial charge in [0.2, 0.25) is 0 Å². The smallest absolute Gasteiger partial charge is 0.318 e. The Morgan fingerprint density at radius 3 is 2.48 bits per heavy atom. The summed E-state index contributed by atoms with van der Waals surface area (Å²) in [6, 6.07) is 12.4. The molecule has 172 valence electrons. The molecule has 1 heterocycles. The maximum Gasteiger partial charge on any atom is 0.417 e. The monoisotopic (exact) mass is 540 g/mol. The topological polar surface area (TPSA) is 75.5 Å². The van der Waals surface area contributed by atoms with Crippen LogP contribution >= 0.6 is 27.5 Å². The van der Waals surface area contributed by atoms with E-state index in [1.54, 1.807) is 0 Å². The minimum Gasteiger partial charge on any atom is -0.318 e. The predicted octanol–water partition coefficient (Wildman–Crippen LogP) is 5.62. The molecule has 0 aliphatic carbocycles. The van der Waals surface area contributed by atoms with Crippen molar-refractivity contribution in [3.05, 3.63) is 80.5 Å². The SMILES string of the molecule is Cc1cc(/C=N\NC(=O)C(=O)Nc2ccc(Cl)c(C(F)(F)F)c2)c(C)n1-c1cccc(Br)c1. The number of hydrazone groups is 1. The van der Waals surface area contributed by atoms with Gasteiger partial charge in [-0.3, -0.25) is 9.59 Å². The Kier molecular flexibility index (Phi) is 7.28. The number of carbonyl (C=O) groups excluding carboxylic acids is 2. The molecular weight excluding hydrogens is 525 g/mol. The number of benzene rings is 2. The largest absolute Gasteiger partial charge is 0.417 e. The molecule has 2 N–H and O–H groups in total. The van der Waals surface area contributed by atoms with Gasteiger partial charge in [-0.05, 0) is 56.3 Å². The summed E-state index contributed by atoms with van der Waals surface area (Å²) in [4.78, 5) is 24.0. The van der Waals surface area contributed by atoms with E-state index in [9.17, 15) is 22.8 Å². The Bertz CT molecular complexity index is 1250. The zero-order valence-electron chi connectivity index (χ0n) is 17.3. The molecule has 2 aromatic carbocycles. The van der Waals surface area contributed by atoms with E-state index in [2.05, 4.69) is 31.8 Å². The van der Waals surface area contributed by atoms with E-state index in [0.29, 0.717) is 11.6 Å². The van der Waals surface area contributed by atoms with Crippen LogP contribution in [0.1, 0.15) is 22.5 Å². The highest BCUT2D eigenvalue weighted by atomic mass is 79.9. The van der Waals surface area contributed by atoms with Gasteiger partial charge in [-0.1, -0.05) is 33.6 Å². The van der Waals surface area contributed by atoms with Crippen LogP contribution in [0.15, 0.2) is 58.1 Å². The quantitative estimate of drug-likeness (QED) is 0.256. The molecule has 3 rings (SSSR count). The molecular formula is C22H17BrClF3N4O2. The van der Waals surface area contributed by atoms with Crippen LogP contribution in [-0.2, 0) is 15.8 Å². The van der Waals surface area contributed by atoms with E-state index in [1.807, 2.05) is 48.7 Å². The minimum absolute atomic E-state index is 0.228. The van der Waals surface area contributed by atoms with Gasteiger partial charge in [0.05, 0.1) is 16.8 Å². The molecule has 0 aliphatic rings. The Balaban J connectivity index is 1.68. The Labute approximate surface area is 200 Å². The second kappa shape index (κ2) is 9.80. The number of hydrogen-bond donors (Lipinski definition) is 2. The maximum atomic E-state index is 12.9. The Hall–Kier alpha value is -3.11. The van der Waals surface area contributed by atoms with Crippen molar-refractivity contribution in [2.75, 3.05) is 5.32 Å². The first-order valence-electron chi connectivity index (χ1n) is 9.43. The van der Waals surface area contributed by atoms with Gasteiger partial charge in [0.25, 0.3) is 0 Å². The Morgan fingerprint density at radius 1 is 1.09 bits per heavy atom. The second-order valence-electron chi connectivity index (χ2n) is 6.99. The lowest BCUT2D eigenvalue weighted by atomic mass is 10.2. The number of rotatable bonds is 4. The van der Waals surface area contributed by atoms with Crippen molar-refractivity contribution in [1.82, 2.24) is 9.99 Å². The third-order valence-electron chi connectivity index (χ3n) is 4.64. The normalized spacial score (nSPS) is 11.6. The van der Waals surface area contributed by atoms with Crippen molar-refractivity contribution in [2.24, 2.45) is 5.10 Å². The van der Waals surface area contributed by atoms with E-state index >= 15 is 0 Å². The van der Waals surface area contributed by atoms with Gasteiger partial charge in [0, 0.05) is 32.8 Å². The summed E-state index contributed by atoms with van der Waals surface area (Å²) in [5.41, 5.74) is 4.14. The van der Waals surface area contributed by atoms with Crippen LogP contribution in [0.25, 0.3) is 5.69 Å². The third kappa shape index (κ3) is 5.82. The third-order valence-corrected chi connectivity index (χ3v) is 5.47. The molecule has 33 heavy (non-hydrogen) atoms. The number of halogens is 5. The summed E-state index contributed by atoms with van der Waals surface area (Å²) in [6.45, 7) is 3.79. The average Bonchev–Trinajstić information content (AvgIpc) is 3.01. The number of alkyl halides is 3. The summed E-state index contributed by atoms with van der Waals surface area (Å²) in [5, 5.41) is 5.36. The van der Waals surface area contributed by atoms with Gasteiger partial charge < -0.3 is 9.88 Å². The van der Waals surface area contributed by atoms with E-state index in [1.165, 1.54) is 6.21 Å². The Morgan fingerprint density at radius 2 is 1.82 bits per heavy atom. The predicted molar refractivity (Wildman–Crippen MR) is 124 cm³/mol. The zero-order chi connectivity index (χ0) is 24.3. The van der Waals surface area contributed by atoms with Crippen LogP contribution < -0.4 is 10.7 Å². The molecule has 0 radical (unpaired) electrons. The van der Waals surface area contributed by atoms with Gasteiger partial charge in [0.15, 0.2) is 0 Å². The first-order chi connectivity index (χ1) is 15.5. The van der Waals surface area contributed by atoms with E-state index in [-0.39, 0.29) is 5.69 Å². The lowest BCUT2D eigenvalue weighted by molar-refractivity contribution is -0.137. The zero-order valence-corrected chi connectivity index (χ0v) is 19.6. The van der Waals surface area contributed by atoms with Gasteiger partial charge >= 0.3 is 18.0 Å². The summed E-state index contributed by atoms with van der Waals surface area (Å²) < 4.78 is 41.8. The number of amides is 2. The number of nitrogens with one attached hydrogen (secondary N) is 2. The molecule has 6 nitrogen and oxygen atoms in total. The van der Waals surface area contributed by atoms with E-state index in [0.717, 1.165) is 33.7 Å². The van der Waals surface area contributed by atoms with E-state index < -0.39 is 28.6 Å². The van der Waals surface area contributed by atoms with Crippen LogP contribution in [0, 0.1) is 13.8 Å². The highest BCUT2D eigenvalue weighted by Crippen LogP contribution is 2.36. The summed E-state index contributed by atoms with van der Waals surface area (Å²) in [6.07, 6.45) is -3.32. The molecule has 11 heteroatoms. The number of carbonyl (C=O) groups is 2. The van der Waals surface area contributed by atoms with E-state index in [4.69, 9.17) is 11.6 Å². The molecule has 3 aromatic rings. The van der Waals surface area contributed by atoms with Gasteiger partial charge in [-0.25, -0.2) is 5.43 Å². The number of aryl methyl sites for hydroxylation is 1. The van der Waals surface area contributed by atoms with Crippen molar-refractivity contribution in [1.29, 1.82) is 0 Å². The van der Waals surface area contributed by atoms with Crippen LogP contribution in [0.5, 0.6) is 0 Å². The highest BCUT2D eigenvalue weighted by Gasteiger charge is 2.33. The first kappa shape index (κ1) is 24.5. The average molecular weight is 542 g/mol. The molecule has 0 spiro atoms. The van der Waals surface area contributed by atoms with Gasteiger partial charge in [-0.2, -0.15) is 18.3 Å². The maximum absolute atomic E-state index is 12.9. The number of nitrogens with zero attached hydrogens (tertiary/aromatic N) is 2. The lowest BCUT2D eigenvalue weighted by Gasteiger charge is -2.11. The van der Waals surface area contributed by atoms with Gasteiger partial charge in [-0.15, -0.1) is 0 Å².